The molecule has 20 heavy (non-hydrogen) atoms. The number of thiophene rings is 1. The van der Waals surface area contributed by atoms with Gasteiger partial charge in [-0.25, -0.2) is 13.1 Å². The summed E-state index contributed by atoms with van der Waals surface area (Å²) in [5.74, 6) is 0.967. The largest absolute Gasteiger partial charge is 0.330 e. The summed E-state index contributed by atoms with van der Waals surface area (Å²) in [7, 11) is -3.39. The summed E-state index contributed by atoms with van der Waals surface area (Å²) in [6.07, 6.45) is 3.96. The molecule has 0 bridgehead atoms. The fourth-order valence-corrected chi connectivity index (χ4v) is 5.53. The highest BCUT2D eigenvalue weighted by Crippen LogP contribution is 2.31. The molecular formula is C14H24N2O2S2. The number of nitrogens with two attached hydrogens (primary N) is 1. The summed E-state index contributed by atoms with van der Waals surface area (Å²) in [6, 6.07) is 3.61. The lowest BCUT2D eigenvalue weighted by atomic mass is 9.78. The zero-order chi connectivity index (χ0) is 14.8. The maximum Gasteiger partial charge on any atom is 0.250 e. The number of rotatable bonds is 5. The molecule has 1 fully saturated rings. The lowest BCUT2D eigenvalue weighted by molar-refractivity contribution is 0.227. The molecule has 0 saturated heterocycles. The highest BCUT2D eigenvalue weighted by Gasteiger charge is 2.31. The Morgan fingerprint density at radius 1 is 1.35 bits per heavy atom. The molecule has 114 valence electrons. The fourth-order valence-electron chi connectivity index (χ4n) is 2.78. The first-order valence-corrected chi connectivity index (χ1v) is 9.55. The molecule has 0 radical (unpaired) electrons. The fraction of sp³-hybridized carbons (Fsp3) is 0.714. The number of hydrogen-bond donors (Lipinski definition) is 2. The smallest absolute Gasteiger partial charge is 0.250 e. The third kappa shape index (κ3) is 3.61. The first-order chi connectivity index (χ1) is 9.44. The van der Waals surface area contributed by atoms with Crippen molar-refractivity contribution in [1.29, 1.82) is 0 Å². The van der Waals surface area contributed by atoms with Gasteiger partial charge in [-0.15, -0.1) is 11.3 Å². The van der Waals surface area contributed by atoms with E-state index in [4.69, 9.17) is 5.73 Å². The SMILES string of the molecule is CC1CCCC(NS(=O)(=O)c2ccc(CCN)s2)C1C. The molecule has 3 N–H and O–H groups in total. The van der Waals surface area contributed by atoms with Gasteiger partial charge >= 0.3 is 0 Å². The van der Waals surface area contributed by atoms with E-state index in [-0.39, 0.29) is 6.04 Å². The van der Waals surface area contributed by atoms with E-state index < -0.39 is 10.0 Å². The molecular weight excluding hydrogens is 292 g/mol. The van der Waals surface area contributed by atoms with Gasteiger partial charge in [-0.05, 0) is 43.4 Å². The van der Waals surface area contributed by atoms with Gasteiger partial charge in [0.25, 0.3) is 0 Å². The Balaban J connectivity index is 2.09. The molecule has 3 unspecified atom stereocenters. The zero-order valence-electron chi connectivity index (χ0n) is 12.1. The van der Waals surface area contributed by atoms with Gasteiger partial charge in [0.05, 0.1) is 0 Å². The Morgan fingerprint density at radius 3 is 2.80 bits per heavy atom. The van der Waals surface area contributed by atoms with Gasteiger partial charge in [-0.2, -0.15) is 0 Å². The summed E-state index contributed by atoms with van der Waals surface area (Å²) in [6.45, 7) is 4.89. The van der Waals surface area contributed by atoms with Gasteiger partial charge in [0.1, 0.15) is 4.21 Å². The van der Waals surface area contributed by atoms with Crippen LogP contribution in [-0.2, 0) is 16.4 Å². The van der Waals surface area contributed by atoms with Crippen LogP contribution in [0.2, 0.25) is 0 Å². The van der Waals surface area contributed by atoms with E-state index >= 15 is 0 Å². The van der Waals surface area contributed by atoms with Crippen molar-refractivity contribution in [2.45, 2.75) is 49.8 Å². The van der Waals surface area contributed by atoms with Crippen molar-refractivity contribution in [3.63, 3.8) is 0 Å². The van der Waals surface area contributed by atoms with Gasteiger partial charge < -0.3 is 5.73 Å². The maximum atomic E-state index is 12.4. The van der Waals surface area contributed by atoms with Crippen molar-refractivity contribution in [2.75, 3.05) is 6.54 Å². The van der Waals surface area contributed by atoms with E-state index in [0.717, 1.165) is 24.1 Å². The Morgan fingerprint density at radius 2 is 2.10 bits per heavy atom. The zero-order valence-corrected chi connectivity index (χ0v) is 13.8. The average molecular weight is 316 g/mol. The van der Waals surface area contributed by atoms with Gasteiger partial charge in [0.15, 0.2) is 0 Å². The summed E-state index contributed by atoms with van der Waals surface area (Å²) in [5, 5.41) is 0. The Bertz CT molecular complexity index is 539. The van der Waals surface area contributed by atoms with Gasteiger partial charge in [-0.3, -0.25) is 0 Å². The van der Waals surface area contributed by atoms with E-state index in [1.54, 1.807) is 6.07 Å². The molecule has 3 atom stereocenters. The molecule has 1 aliphatic carbocycles. The third-order valence-corrected chi connectivity index (χ3v) is 7.43. The van der Waals surface area contributed by atoms with Crippen LogP contribution in [0.1, 0.15) is 38.0 Å². The highest BCUT2D eigenvalue weighted by molar-refractivity contribution is 7.91. The summed E-state index contributed by atoms with van der Waals surface area (Å²) < 4.78 is 28.2. The van der Waals surface area contributed by atoms with E-state index in [0.29, 0.717) is 22.6 Å². The van der Waals surface area contributed by atoms with Crippen LogP contribution in [0.15, 0.2) is 16.3 Å². The first kappa shape index (κ1) is 15.9. The minimum atomic E-state index is -3.39. The molecule has 1 saturated carbocycles. The van der Waals surface area contributed by atoms with Crippen molar-refractivity contribution < 1.29 is 8.42 Å². The van der Waals surface area contributed by atoms with Crippen LogP contribution in [0.3, 0.4) is 0 Å². The summed E-state index contributed by atoms with van der Waals surface area (Å²) in [5.41, 5.74) is 5.50. The van der Waals surface area contributed by atoms with Crippen LogP contribution >= 0.6 is 11.3 Å². The third-order valence-electron chi connectivity index (χ3n) is 4.31. The van der Waals surface area contributed by atoms with Gasteiger partial charge in [0.2, 0.25) is 10.0 Å². The monoisotopic (exact) mass is 316 g/mol. The van der Waals surface area contributed by atoms with E-state index in [9.17, 15) is 8.42 Å². The molecule has 0 amide bonds. The quantitative estimate of drug-likeness (QED) is 0.876. The number of nitrogens with one attached hydrogen (secondary N) is 1. The van der Waals surface area contributed by atoms with Crippen LogP contribution in [0, 0.1) is 11.8 Å². The van der Waals surface area contributed by atoms with Crippen LogP contribution < -0.4 is 10.5 Å². The van der Waals surface area contributed by atoms with Crippen molar-refractivity contribution in [3.8, 4) is 0 Å². The maximum absolute atomic E-state index is 12.4. The number of hydrogen-bond acceptors (Lipinski definition) is 4. The van der Waals surface area contributed by atoms with Crippen molar-refractivity contribution in [2.24, 2.45) is 17.6 Å². The van der Waals surface area contributed by atoms with Gasteiger partial charge in [0, 0.05) is 10.9 Å². The molecule has 1 aromatic rings. The molecule has 0 aromatic carbocycles. The molecule has 1 heterocycles. The molecule has 2 rings (SSSR count). The highest BCUT2D eigenvalue weighted by atomic mass is 32.2. The molecule has 0 aliphatic heterocycles. The Hall–Kier alpha value is -0.430. The summed E-state index contributed by atoms with van der Waals surface area (Å²) >= 11 is 1.32. The second kappa shape index (κ2) is 6.56. The standard InChI is InChI=1S/C14H24N2O2S2/c1-10-4-3-5-13(11(10)2)16-20(17,18)14-7-6-12(19-14)8-9-15/h6-7,10-11,13,16H,3-5,8-9,15H2,1-2H3. The Kier molecular flexibility index (Phi) is 5.23. The van der Waals surface area contributed by atoms with Gasteiger partial charge in [-0.1, -0.05) is 26.7 Å². The molecule has 0 spiro atoms. The van der Waals surface area contributed by atoms with E-state index in [2.05, 4.69) is 18.6 Å². The van der Waals surface area contributed by atoms with Crippen LogP contribution in [0.5, 0.6) is 0 Å². The lowest BCUT2D eigenvalue weighted by Gasteiger charge is -2.34. The predicted molar refractivity (Wildman–Crippen MR) is 83.4 cm³/mol. The first-order valence-electron chi connectivity index (χ1n) is 7.25. The minimum Gasteiger partial charge on any atom is -0.330 e. The minimum absolute atomic E-state index is 0.0591. The van der Waals surface area contributed by atoms with E-state index in [1.165, 1.54) is 17.8 Å². The summed E-state index contributed by atoms with van der Waals surface area (Å²) in [4.78, 5) is 1.03. The second-order valence-electron chi connectivity index (χ2n) is 5.75. The number of sulfonamides is 1. The average Bonchev–Trinajstić information content (AvgIpc) is 2.85. The second-order valence-corrected chi connectivity index (χ2v) is 8.86. The van der Waals surface area contributed by atoms with Crippen LogP contribution in [0.4, 0.5) is 0 Å². The van der Waals surface area contributed by atoms with Crippen molar-refractivity contribution >= 4 is 21.4 Å². The van der Waals surface area contributed by atoms with Crippen molar-refractivity contribution in [3.05, 3.63) is 17.0 Å². The molecule has 6 heteroatoms. The lowest BCUT2D eigenvalue weighted by Crippen LogP contribution is -2.43. The van der Waals surface area contributed by atoms with Crippen molar-refractivity contribution in [1.82, 2.24) is 4.72 Å². The molecule has 1 aromatic heterocycles. The topological polar surface area (TPSA) is 72.2 Å². The van der Waals surface area contributed by atoms with Crippen LogP contribution in [0.25, 0.3) is 0 Å². The normalized spacial score (nSPS) is 27.6. The van der Waals surface area contributed by atoms with E-state index in [1.807, 2.05) is 6.07 Å². The predicted octanol–water partition coefficient (Wildman–Crippen LogP) is 2.35. The Labute approximate surface area is 125 Å². The molecule has 4 nitrogen and oxygen atoms in total. The van der Waals surface area contributed by atoms with Crippen LogP contribution in [-0.4, -0.2) is 21.0 Å². The molecule has 1 aliphatic rings.